The number of rotatable bonds is 7. The molecule has 124 valence electrons. The highest BCUT2D eigenvalue weighted by atomic mass is 16.5. The van der Waals surface area contributed by atoms with Crippen LogP contribution in [-0.4, -0.2) is 24.3 Å². The Labute approximate surface area is 142 Å². The zero-order valence-corrected chi connectivity index (χ0v) is 13.9. The minimum atomic E-state index is -0.170. The topological polar surface area (TPSA) is 55.4 Å². The average Bonchev–Trinajstić information content (AvgIpc) is 2.58. The predicted molar refractivity (Wildman–Crippen MR) is 95.0 cm³/mol. The van der Waals surface area contributed by atoms with E-state index in [4.69, 9.17) is 4.74 Å². The molecule has 0 radical (unpaired) electrons. The molecule has 2 aromatic carbocycles. The van der Waals surface area contributed by atoms with Crippen LogP contribution in [-0.2, 0) is 4.79 Å². The van der Waals surface area contributed by atoms with Crippen molar-refractivity contribution in [3.63, 3.8) is 0 Å². The van der Waals surface area contributed by atoms with Gasteiger partial charge in [0.05, 0.1) is 0 Å². The molecular weight excluding hydrogens is 302 g/mol. The fourth-order valence-electron chi connectivity index (χ4n) is 2.06. The number of amides is 1. The zero-order chi connectivity index (χ0) is 17.4. The van der Waals surface area contributed by atoms with E-state index in [0.717, 1.165) is 5.56 Å². The van der Waals surface area contributed by atoms with Gasteiger partial charge in [-0.2, -0.15) is 0 Å². The summed E-state index contributed by atoms with van der Waals surface area (Å²) < 4.78 is 5.39. The van der Waals surface area contributed by atoms with Gasteiger partial charge in [-0.1, -0.05) is 36.4 Å². The van der Waals surface area contributed by atoms with Gasteiger partial charge in [0.1, 0.15) is 5.75 Å². The van der Waals surface area contributed by atoms with Crippen LogP contribution < -0.4 is 10.1 Å². The summed E-state index contributed by atoms with van der Waals surface area (Å²) in [6.45, 7) is 3.74. The van der Waals surface area contributed by atoms with Crippen molar-refractivity contribution in [1.29, 1.82) is 0 Å². The smallest absolute Gasteiger partial charge is 0.258 e. The molecule has 0 aromatic heterocycles. The molecule has 2 aromatic rings. The largest absolute Gasteiger partial charge is 0.484 e. The number of ether oxygens (including phenoxy) is 1. The lowest BCUT2D eigenvalue weighted by Gasteiger charge is -2.09. The van der Waals surface area contributed by atoms with Gasteiger partial charge in [0, 0.05) is 11.6 Å². The molecule has 0 unspecified atom stereocenters. The van der Waals surface area contributed by atoms with E-state index >= 15 is 0 Å². The van der Waals surface area contributed by atoms with Crippen LogP contribution in [0.4, 0.5) is 0 Å². The van der Waals surface area contributed by atoms with Crippen LogP contribution in [0.2, 0.25) is 0 Å². The van der Waals surface area contributed by atoms with E-state index in [0.29, 0.717) is 11.3 Å². The van der Waals surface area contributed by atoms with E-state index in [2.05, 4.69) is 5.32 Å². The number of hydrogen-bond donors (Lipinski definition) is 1. The summed E-state index contributed by atoms with van der Waals surface area (Å²) >= 11 is 0. The summed E-state index contributed by atoms with van der Waals surface area (Å²) in [5.41, 5.74) is 1.54. The summed E-state index contributed by atoms with van der Waals surface area (Å²) in [7, 11) is 0. The van der Waals surface area contributed by atoms with E-state index in [-0.39, 0.29) is 24.3 Å². The van der Waals surface area contributed by atoms with Crippen molar-refractivity contribution in [2.75, 3.05) is 6.61 Å². The van der Waals surface area contributed by atoms with Gasteiger partial charge in [0.25, 0.3) is 5.91 Å². The fourth-order valence-corrected chi connectivity index (χ4v) is 2.06. The van der Waals surface area contributed by atoms with Crippen LogP contribution in [0.3, 0.4) is 0 Å². The highest BCUT2D eigenvalue weighted by molar-refractivity contribution is 6.06. The first-order valence-electron chi connectivity index (χ1n) is 7.84. The molecule has 0 heterocycles. The van der Waals surface area contributed by atoms with E-state index in [1.54, 1.807) is 36.4 Å². The lowest BCUT2D eigenvalue weighted by Crippen LogP contribution is -2.34. The molecule has 0 spiro atoms. The average molecular weight is 323 g/mol. The van der Waals surface area contributed by atoms with Crippen molar-refractivity contribution >= 4 is 17.8 Å². The molecule has 0 saturated heterocycles. The Balaban J connectivity index is 1.90. The molecule has 0 atom stereocenters. The molecule has 0 fully saturated rings. The van der Waals surface area contributed by atoms with Crippen molar-refractivity contribution in [3.8, 4) is 5.75 Å². The SMILES string of the molecule is CC(C)NC(=O)COc1ccc(C(=O)/C=C/c2ccccc2)cc1. The number of nitrogens with one attached hydrogen (secondary N) is 1. The molecule has 0 saturated carbocycles. The number of carbonyl (C=O) groups excluding carboxylic acids is 2. The molecular formula is C20H21NO3. The molecule has 24 heavy (non-hydrogen) atoms. The van der Waals surface area contributed by atoms with Gasteiger partial charge in [0.2, 0.25) is 0 Å². The monoisotopic (exact) mass is 323 g/mol. The molecule has 0 aliphatic rings. The van der Waals surface area contributed by atoms with Crippen LogP contribution in [0.25, 0.3) is 6.08 Å². The predicted octanol–water partition coefficient (Wildman–Crippen LogP) is 3.49. The fraction of sp³-hybridized carbons (Fsp3) is 0.200. The van der Waals surface area contributed by atoms with Crippen LogP contribution in [0.5, 0.6) is 5.75 Å². The number of benzene rings is 2. The molecule has 0 aliphatic carbocycles. The zero-order valence-electron chi connectivity index (χ0n) is 13.9. The lowest BCUT2D eigenvalue weighted by atomic mass is 10.1. The quantitative estimate of drug-likeness (QED) is 0.627. The maximum Gasteiger partial charge on any atom is 0.258 e. The van der Waals surface area contributed by atoms with Crippen molar-refractivity contribution in [2.24, 2.45) is 0 Å². The van der Waals surface area contributed by atoms with Gasteiger partial charge in [0.15, 0.2) is 12.4 Å². The molecule has 1 N–H and O–H groups in total. The third kappa shape index (κ3) is 5.72. The highest BCUT2D eigenvalue weighted by Gasteiger charge is 2.06. The summed E-state index contributed by atoms with van der Waals surface area (Å²) in [6.07, 6.45) is 3.32. The third-order valence-corrected chi connectivity index (χ3v) is 3.19. The highest BCUT2D eigenvalue weighted by Crippen LogP contribution is 2.13. The second kappa shape index (κ2) is 8.67. The van der Waals surface area contributed by atoms with E-state index in [1.807, 2.05) is 44.2 Å². The van der Waals surface area contributed by atoms with Crippen LogP contribution in [0, 0.1) is 0 Å². The first-order valence-corrected chi connectivity index (χ1v) is 7.84. The van der Waals surface area contributed by atoms with E-state index in [9.17, 15) is 9.59 Å². The Morgan fingerprint density at radius 1 is 1.04 bits per heavy atom. The minimum Gasteiger partial charge on any atom is -0.484 e. The normalized spacial score (nSPS) is 10.8. The number of ketones is 1. The Hall–Kier alpha value is -2.88. The second-order valence-electron chi connectivity index (χ2n) is 5.64. The third-order valence-electron chi connectivity index (χ3n) is 3.19. The van der Waals surface area contributed by atoms with Crippen molar-refractivity contribution in [1.82, 2.24) is 5.32 Å². The lowest BCUT2D eigenvalue weighted by molar-refractivity contribution is -0.123. The van der Waals surface area contributed by atoms with Crippen molar-refractivity contribution in [3.05, 3.63) is 71.8 Å². The van der Waals surface area contributed by atoms with Crippen LogP contribution in [0.1, 0.15) is 29.8 Å². The Morgan fingerprint density at radius 3 is 2.33 bits per heavy atom. The number of carbonyl (C=O) groups is 2. The van der Waals surface area contributed by atoms with Gasteiger partial charge in [-0.15, -0.1) is 0 Å². The summed E-state index contributed by atoms with van der Waals surface area (Å²) in [6, 6.07) is 16.5. The second-order valence-corrected chi connectivity index (χ2v) is 5.64. The first-order chi connectivity index (χ1) is 11.5. The van der Waals surface area contributed by atoms with Gasteiger partial charge in [-0.05, 0) is 49.8 Å². The van der Waals surface area contributed by atoms with E-state index < -0.39 is 0 Å². The maximum absolute atomic E-state index is 12.1. The van der Waals surface area contributed by atoms with Crippen molar-refractivity contribution in [2.45, 2.75) is 19.9 Å². The number of hydrogen-bond acceptors (Lipinski definition) is 3. The molecule has 2 rings (SSSR count). The summed E-state index contributed by atoms with van der Waals surface area (Å²) in [4.78, 5) is 23.6. The Kier molecular flexibility index (Phi) is 6.32. The summed E-state index contributed by atoms with van der Waals surface area (Å²) in [5.74, 6) is 0.302. The van der Waals surface area contributed by atoms with Gasteiger partial charge in [-0.3, -0.25) is 9.59 Å². The Bertz CT molecular complexity index is 703. The number of allylic oxidation sites excluding steroid dienone is 1. The van der Waals surface area contributed by atoms with Gasteiger partial charge < -0.3 is 10.1 Å². The van der Waals surface area contributed by atoms with Gasteiger partial charge >= 0.3 is 0 Å². The van der Waals surface area contributed by atoms with Crippen LogP contribution >= 0.6 is 0 Å². The first kappa shape index (κ1) is 17.5. The standard InChI is InChI=1S/C20H21NO3/c1-15(2)21-20(23)14-24-18-11-9-17(10-12-18)19(22)13-8-16-6-4-3-5-7-16/h3-13,15H,14H2,1-2H3,(H,21,23)/b13-8+. The summed E-state index contributed by atoms with van der Waals surface area (Å²) in [5, 5.41) is 2.75. The van der Waals surface area contributed by atoms with Gasteiger partial charge in [-0.25, -0.2) is 0 Å². The molecule has 0 bridgehead atoms. The van der Waals surface area contributed by atoms with E-state index in [1.165, 1.54) is 0 Å². The maximum atomic E-state index is 12.1. The van der Waals surface area contributed by atoms with Crippen LogP contribution in [0.15, 0.2) is 60.7 Å². The Morgan fingerprint density at radius 2 is 1.71 bits per heavy atom. The molecule has 1 amide bonds. The molecule has 0 aliphatic heterocycles. The molecule has 4 nitrogen and oxygen atoms in total. The molecule has 4 heteroatoms. The van der Waals surface area contributed by atoms with Crippen molar-refractivity contribution < 1.29 is 14.3 Å². The minimum absolute atomic E-state index is 0.0423.